The number of hydrogen-bond donors (Lipinski definition) is 2. The molecule has 20 heavy (non-hydrogen) atoms. The molecule has 2 aromatic rings. The van der Waals surface area contributed by atoms with E-state index >= 15 is 0 Å². The van der Waals surface area contributed by atoms with Crippen LogP contribution in [0.1, 0.15) is 5.56 Å². The molecule has 0 bridgehead atoms. The Bertz CT molecular complexity index is 763. The Morgan fingerprint density at radius 2 is 1.95 bits per heavy atom. The van der Waals surface area contributed by atoms with Gasteiger partial charge in [-0.25, -0.2) is 8.42 Å². The van der Waals surface area contributed by atoms with Gasteiger partial charge in [0.05, 0.1) is 11.4 Å². The Kier molecular flexibility index (Phi) is 4.27. The van der Waals surface area contributed by atoms with Gasteiger partial charge in [0.1, 0.15) is 4.90 Å². The molecule has 0 saturated heterocycles. The van der Waals surface area contributed by atoms with Gasteiger partial charge in [-0.3, -0.25) is 4.72 Å². The first-order valence-corrected chi connectivity index (χ1v) is 8.29. The lowest BCUT2D eigenvalue weighted by Crippen LogP contribution is -2.15. The smallest absolute Gasteiger partial charge is 0.263 e. The van der Waals surface area contributed by atoms with E-state index in [2.05, 4.69) is 20.7 Å². The number of halogens is 2. The van der Waals surface area contributed by atoms with Gasteiger partial charge in [-0.05, 0) is 42.8 Å². The lowest BCUT2D eigenvalue weighted by Gasteiger charge is -2.13. The second kappa shape index (κ2) is 5.63. The minimum absolute atomic E-state index is 0.00118. The molecule has 106 valence electrons. The van der Waals surface area contributed by atoms with Gasteiger partial charge in [0.15, 0.2) is 0 Å². The zero-order chi connectivity index (χ0) is 14.9. The summed E-state index contributed by atoms with van der Waals surface area (Å²) < 4.78 is 28.0. The summed E-state index contributed by atoms with van der Waals surface area (Å²) in [6.07, 6.45) is 0. The van der Waals surface area contributed by atoms with Crippen molar-refractivity contribution in [2.75, 3.05) is 10.5 Å². The summed E-state index contributed by atoms with van der Waals surface area (Å²) in [6, 6.07) is 9.55. The van der Waals surface area contributed by atoms with Gasteiger partial charge < -0.3 is 5.73 Å². The van der Waals surface area contributed by atoms with Gasteiger partial charge in [-0.15, -0.1) is 0 Å². The molecule has 0 unspecified atom stereocenters. The van der Waals surface area contributed by atoms with E-state index in [-0.39, 0.29) is 10.6 Å². The number of rotatable bonds is 3. The second-order valence-electron chi connectivity index (χ2n) is 4.20. The van der Waals surface area contributed by atoms with Crippen molar-refractivity contribution in [1.82, 2.24) is 0 Å². The summed E-state index contributed by atoms with van der Waals surface area (Å²) in [5, 5.41) is 0.389. The molecule has 0 aliphatic heterocycles. The molecule has 0 aromatic heterocycles. The SMILES string of the molecule is Cc1c(Br)cccc1NS(=O)(=O)c1ccc(Cl)cc1N. The fourth-order valence-electron chi connectivity index (χ4n) is 1.68. The number of nitrogen functional groups attached to an aromatic ring is 1. The molecule has 0 atom stereocenters. The molecule has 0 heterocycles. The third-order valence-electron chi connectivity index (χ3n) is 2.77. The average Bonchev–Trinajstić information content (AvgIpc) is 2.34. The van der Waals surface area contributed by atoms with Crippen LogP contribution in [0.15, 0.2) is 45.8 Å². The van der Waals surface area contributed by atoms with E-state index < -0.39 is 10.0 Å². The van der Waals surface area contributed by atoms with Crippen LogP contribution < -0.4 is 10.5 Å². The van der Waals surface area contributed by atoms with E-state index in [0.29, 0.717) is 10.7 Å². The first-order valence-electron chi connectivity index (χ1n) is 5.64. The Morgan fingerprint density at radius 1 is 1.25 bits per heavy atom. The molecule has 0 saturated carbocycles. The number of nitrogens with two attached hydrogens (primary N) is 1. The highest BCUT2D eigenvalue weighted by molar-refractivity contribution is 9.10. The number of hydrogen-bond acceptors (Lipinski definition) is 3. The molecule has 0 fully saturated rings. The molecule has 2 aromatic carbocycles. The predicted octanol–water partition coefficient (Wildman–Crippen LogP) is 3.79. The molecule has 0 aliphatic rings. The van der Waals surface area contributed by atoms with Gasteiger partial charge >= 0.3 is 0 Å². The summed E-state index contributed by atoms with van der Waals surface area (Å²) in [5.41, 5.74) is 7.11. The normalized spacial score (nSPS) is 11.3. The Hall–Kier alpha value is -1.24. The van der Waals surface area contributed by atoms with Crippen LogP contribution in [-0.4, -0.2) is 8.42 Å². The molecule has 0 amide bonds. The maximum atomic E-state index is 12.3. The van der Waals surface area contributed by atoms with Crippen LogP contribution >= 0.6 is 27.5 Å². The molecule has 0 aliphatic carbocycles. The van der Waals surface area contributed by atoms with Crippen LogP contribution in [0.4, 0.5) is 11.4 Å². The standard InChI is InChI=1S/C13H12BrClN2O2S/c1-8-10(14)3-2-4-12(8)17-20(18,19)13-6-5-9(15)7-11(13)16/h2-7,17H,16H2,1H3. The fraction of sp³-hybridized carbons (Fsp3) is 0.0769. The zero-order valence-corrected chi connectivity index (χ0v) is 13.7. The number of benzene rings is 2. The van der Waals surface area contributed by atoms with E-state index in [0.717, 1.165) is 10.0 Å². The quantitative estimate of drug-likeness (QED) is 0.802. The highest BCUT2D eigenvalue weighted by atomic mass is 79.9. The van der Waals surface area contributed by atoms with Crippen LogP contribution in [0.2, 0.25) is 5.02 Å². The van der Waals surface area contributed by atoms with E-state index in [1.165, 1.54) is 18.2 Å². The molecule has 3 N–H and O–H groups in total. The minimum atomic E-state index is -3.75. The molecule has 0 spiro atoms. The number of sulfonamides is 1. The third kappa shape index (κ3) is 3.08. The van der Waals surface area contributed by atoms with Crippen molar-refractivity contribution >= 4 is 48.9 Å². The van der Waals surface area contributed by atoms with E-state index in [1.807, 2.05) is 13.0 Å². The van der Waals surface area contributed by atoms with Gasteiger partial charge in [-0.2, -0.15) is 0 Å². The Labute approximate surface area is 131 Å². The molecule has 4 nitrogen and oxygen atoms in total. The predicted molar refractivity (Wildman–Crippen MR) is 85.6 cm³/mol. The van der Waals surface area contributed by atoms with Crippen molar-refractivity contribution in [1.29, 1.82) is 0 Å². The average molecular weight is 376 g/mol. The maximum Gasteiger partial charge on any atom is 0.263 e. The van der Waals surface area contributed by atoms with Crippen molar-refractivity contribution in [2.24, 2.45) is 0 Å². The summed E-state index contributed by atoms with van der Waals surface area (Å²) in [7, 11) is -3.75. The molecule has 2 rings (SSSR count). The number of anilines is 2. The fourth-order valence-corrected chi connectivity index (χ4v) is 3.47. The van der Waals surface area contributed by atoms with Gasteiger partial charge in [0, 0.05) is 9.50 Å². The largest absolute Gasteiger partial charge is 0.398 e. The van der Waals surface area contributed by atoms with Crippen LogP contribution in [0.5, 0.6) is 0 Å². The highest BCUT2D eigenvalue weighted by Crippen LogP contribution is 2.28. The second-order valence-corrected chi connectivity index (χ2v) is 7.14. The first-order chi connectivity index (χ1) is 9.31. The summed E-state index contributed by atoms with van der Waals surface area (Å²) in [5.74, 6) is 0. The third-order valence-corrected chi connectivity index (χ3v) is 5.31. The Morgan fingerprint density at radius 3 is 2.60 bits per heavy atom. The zero-order valence-electron chi connectivity index (χ0n) is 10.5. The summed E-state index contributed by atoms with van der Waals surface area (Å²) in [4.78, 5) is 0.00118. The highest BCUT2D eigenvalue weighted by Gasteiger charge is 2.18. The first kappa shape index (κ1) is 15.2. The summed E-state index contributed by atoms with van der Waals surface area (Å²) in [6.45, 7) is 1.81. The van der Waals surface area contributed by atoms with E-state index in [9.17, 15) is 8.42 Å². The van der Waals surface area contributed by atoms with Crippen molar-refractivity contribution in [2.45, 2.75) is 11.8 Å². The van der Waals surface area contributed by atoms with Crippen molar-refractivity contribution in [3.8, 4) is 0 Å². The molecule has 7 heteroatoms. The lowest BCUT2D eigenvalue weighted by molar-refractivity contribution is 0.601. The van der Waals surface area contributed by atoms with Crippen molar-refractivity contribution in [3.63, 3.8) is 0 Å². The monoisotopic (exact) mass is 374 g/mol. The Balaban J connectivity index is 2.44. The van der Waals surface area contributed by atoms with Crippen LogP contribution in [-0.2, 0) is 10.0 Å². The van der Waals surface area contributed by atoms with Crippen molar-refractivity contribution < 1.29 is 8.42 Å². The van der Waals surface area contributed by atoms with Crippen LogP contribution in [0.25, 0.3) is 0 Å². The molecular formula is C13H12BrClN2O2S. The molecule has 0 radical (unpaired) electrons. The lowest BCUT2D eigenvalue weighted by atomic mass is 10.2. The topological polar surface area (TPSA) is 72.2 Å². The van der Waals surface area contributed by atoms with Gasteiger partial charge in [-0.1, -0.05) is 33.6 Å². The minimum Gasteiger partial charge on any atom is -0.398 e. The van der Waals surface area contributed by atoms with E-state index in [1.54, 1.807) is 12.1 Å². The van der Waals surface area contributed by atoms with Gasteiger partial charge in [0.2, 0.25) is 0 Å². The number of nitrogens with one attached hydrogen (secondary N) is 1. The van der Waals surface area contributed by atoms with E-state index in [4.69, 9.17) is 17.3 Å². The van der Waals surface area contributed by atoms with Crippen LogP contribution in [0, 0.1) is 6.92 Å². The van der Waals surface area contributed by atoms with Crippen LogP contribution in [0.3, 0.4) is 0 Å². The molecular weight excluding hydrogens is 364 g/mol. The van der Waals surface area contributed by atoms with Gasteiger partial charge in [0.25, 0.3) is 10.0 Å². The maximum absolute atomic E-state index is 12.3. The summed E-state index contributed by atoms with van der Waals surface area (Å²) >= 11 is 9.13. The van der Waals surface area contributed by atoms with Crippen molar-refractivity contribution in [3.05, 3.63) is 51.5 Å².